The van der Waals surface area contributed by atoms with E-state index < -0.39 is 0 Å². The largest absolute Gasteiger partial charge is 0.382 e. The predicted molar refractivity (Wildman–Crippen MR) is 48.3 cm³/mol. The fourth-order valence-corrected chi connectivity index (χ4v) is 0.823. The lowest BCUT2D eigenvalue weighted by Gasteiger charge is -2.26. The molecule has 0 aliphatic rings. The summed E-state index contributed by atoms with van der Waals surface area (Å²) in [5, 5.41) is 0. The van der Waals surface area contributed by atoms with E-state index in [1.54, 1.807) is 20.3 Å². The molecule has 0 aliphatic heterocycles. The summed E-state index contributed by atoms with van der Waals surface area (Å²) in [5.74, 6) is 0. The first kappa shape index (κ1) is 11.6. The van der Waals surface area contributed by atoms with E-state index in [2.05, 4.69) is 6.58 Å². The lowest BCUT2D eigenvalue weighted by atomic mass is 10.1. The molecule has 0 aromatic heterocycles. The maximum absolute atomic E-state index is 5.27. The summed E-state index contributed by atoms with van der Waals surface area (Å²) in [7, 11) is 3.29. The van der Waals surface area contributed by atoms with E-state index >= 15 is 0 Å². The summed E-state index contributed by atoms with van der Waals surface area (Å²) in [6.45, 7) is 7.09. The second-order valence-corrected chi connectivity index (χ2v) is 2.89. The first-order chi connectivity index (χ1) is 5.68. The topological polar surface area (TPSA) is 27.7 Å². The minimum atomic E-state index is -0.349. The zero-order chi connectivity index (χ0) is 9.45. The lowest BCUT2D eigenvalue weighted by molar-refractivity contribution is -0.0955. The Hall–Kier alpha value is -0.380. The van der Waals surface area contributed by atoms with E-state index in [9.17, 15) is 0 Å². The molecule has 0 fully saturated rings. The van der Waals surface area contributed by atoms with E-state index in [-0.39, 0.29) is 5.60 Å². The quantitative estimate of drug-likeness (QED) is 0.429. The molecule has 3 nitrogen and oxygen atoms in total. The van der Waals surface area contributed by atoms with Gasteiger partial charge in [-0.1, -0.05) is 6.08 Å². The second-order valence-electron chi connectivity index (χ2n) is 2.89. The molecule has 0 spiro atoms. The Morgan fingerprint density at radius 1 is 1.33 bits per heavy atom. The van der Waals surface area contributed by atoms with Gasteiger partial charge in [-0.25, -0.2) is 0 Å². The fourth-order valence-electron chi connectivity index (χ4n) is 0.823. The Balaban J connectivity index is 3.70. The van der Waals surface area contributed by atoms with Crippen LogP contribution in [0.15, 0.2) is 12.7 Å². The second kappa shape index (κ2) is 6.17. The van der Waals surface area contributed by atoms with Crippen LogP contribution in [0.3, 0.4) is 0 Å². The van der Waals surface area contributed by atoms with Gasteiger partial charge in [-0.3, -0.25) is 0 Å². The highest BCUT2D eigenvalue weighted by atomic mass is 16.6. The number of hydrogen-bond acceptors (Lipinski definition) is 3. The van der Waals surface area contributed by atoms with E-state index in [0.29, 0.717) is 19.8 Å². The molecule has 0 aromatic carbocycles. The van der Waals surface area contributed by atoms with Crippen molar-refractivity contribution in [1.29, 1.82) is 0 Å². The van der Waals surface area contributed by atoms with Crippen molar-refractivity contribution in [3.05, 3.63) is 12.7 Å². The van der Waals surface area contributed by atoms with Gasteiger partial charge in [0, 0.05) is 14.2 Å². The molecule has 12 heavy (non-hydrogen) atoms. The molecule has 0 aromatic rings. The van der Waals surface area contributed by atoms with E-state index in [4.69, 9.17) is 14.2 Å². The zero-order valence-corrected chi connectivity index (χ0v) is 8.13. The van der Waals surface area contributed by atoms with Crippen LogP contribution in [-0.4, -0.2) is 39.6 Å². The standard InChI is InChI=1S/C9H18O3/c1-5-6-12-8-9(2,11-4)7-10-3/h5H,1,6-8H2,2-4H3. The molecule has 0 aliphatic carbocycles. The van der Waals surface area contributed by atoms with Crippen molar-refractivity contribution in [2.45, 2.75) is 12.5 Å². The van der Waals surface area contributed by atoms with Gasteiger partial charge in [-0.05, 0) is 6.92 Å². The third-order valence-electron chi connectivity index (χ3n) is 1.59. The molecule has 0 heterocycles. The molecule has 0 saturated carbocycles. The first-order valence-corrected chi connectivity index (χ1v) is 3.91. The van der Waals surface area contributed by atoms with Crippen LogP contribution in [0.2, 0.25) is 0 Å². The molecule has 1 atom stereocenters. The van der Waals surface area contributed by atoms with Crippen molar-refractivity contribution in [2.75, 3.05) is 34.0 Å². The van der Waals surface area contributed by atoms with Crippen LogP contribution in [0.25, 0.3) is 0 Å². The zero-order valence-electron chi connectivity index (χ0n) is 8.13. The van der Waals surface area contributed by atoms with Gasteiger partial charge in [0.05, 0.1) is 19.8 Å². The summed E-state index contributed by atoms with van der Waals surface area (Å²) >= 11 is 0. The van der Waals surface area contributed by atoms with Crippen molar-refractivity contribution in [3.8, 4) is 0 Å². The molecule has 0 saturated heterocycles. The van der Waals surface area contributed by atoms with Gasteiger partial charge in [0.15, 0.2) is 0 Å². The first-order valence-electron chi connectivity index (χ1n) is 3.91. The summed E-state index contributed by atoms with van der Waals surface area (Å²) in [6, 6.07) is 0. The summed E-state index contributed by atoms with van der Waals surface area (Å²) < 4.78 is 15.5. The number of rotatable bonds is 7. The summed E-state index contributed by atoms with van der Waals surface area (Å²) in [6.07, 6.45) is 1.71. The van der Waals surface area contributed by atoms with Gasteiger partial charge in [0.1, 0.15) is 5.60 Å². The molecule has 0 bridgehead atoms. The highest BCUT2D eigenvalue weighted by molar-refractivity contribution is 4.74. The molecule has 72 valence electrons. The van der Waals surface area contributed by atoms with Crippen LogP contribution in [-0.2, 0) is 14.2 Å². The fraction of sp³-hybridized carbons (Fsp3) is 0.778. The van der Waals surface area contributed by atoms with Crippen molar-refractivity contribution in [1.82, 2.24) is 0 Å². The molecule has 0 amide bonds. The van der Waals surface area contributed by atoms with Crippen LogP contribution in [0, 0.1) is 0 Å². The SMILES string of the molecule is C=CCOCC(C)(COC)OC. The Morgan fingerprint density at radius 2 is 2.00 bits per heavy atom. The molecular formula is C9H18O3. The van der Waals surface area contributed by atoms with E-state index in [1.165, 1.54) is 0 Å². The Kier molecular flexibility index (Phi) is 5.98. The van der Waals surface area contributed by atoms with Crippen LogP contribution in [0.4, 0.5) is 0 Å². The van der Waals surface area contributed by atoms with Crippen molar-refractivity contribution < 1.29 is 14.2 Å². The summed E-state index contributed by atoms with van der Waals surface area (Å²) in [5.41, 5.74) is -0.349. The van der Waals surface area contributed by atoms with Gasteiger partial charge < -0.3 is 14.2 Å². The summed E-state index contributed by atoms with van der Waals surface area (Å²) in [4.78, 5) is 0. The predicted octanol–water partition coefficient (Wildman–Crippen LogP) is 1.24. The van der Waals surface area contributed by atoms with E-state index in [1.807, 2.05) is 6.92 Å². The van der Waals surface area contributed by atoms with Crippen molar-refractivity contribution in [3.63, 3.8) is 0 Å². The number of ether oxygens (including phenoxy) is 3. The molecule has 3 heteroatoms. The number of methoxy groups -OCH3 is 2. The van der Waals surface area contributed by atoms with Crippen LogP contribution in [0.1, 0.15) is 6.92 Å². The number of hydrogen-bond donors (Lipinski definition) is 0. The minimum Gasteiger partial charge on any atom is -0.382 e. The highest BCUT2D eigenvalue weighted by Crippen LogP contribution is 2.09. The van der Waals surface area contributed by atoms with Crippen molar-refractivity contribution in [2.24, 2.45) is 0 Å². The third-order valence-corrected chi connectivity index (χ3v) is 1.59. The molecule has 0 rings (SSSR count). The molecule has 1 unspecified atom stereocenters. The maximum Gasteiger partial charge on any atom is 0.111 e. The van der Waals surface area contributed by atoms with Gasteiger partial charge in [-0.2, -0.15) is 0 Å². The van der Waals surface area contributed by atoms with Crippen LogP contribution >= 0.6 is 0 Å². The minimum absolute atomic E-state index is 0.349. The Bertz CT molecular complexity index is 125. The van der Waals surface area contributed by atoms with Crippen LogP contribution < -0.4 is 0 Å². The van der Waals surface area contributed by atoms with Gasteiger partial charge in [0.25, 0.3) is 0 Å². The smallest absolute Gasteiger partial charge is 0.111 e. The van der Waals surface area contributed by atoms with Crippen molar-refractivity contribution >= 4 is 0 Å². The molecular weight excluding hydrogens is 156 g/mol. The van der Waals surface area contributed by atoms with Gasteiger partial charge in [0.2, 0.25) is 0 Å². The molecule has 0 N–H and O–H groups in total. The Morgan fingerprint density at radius 3 is 2.42 bits per heavy atom. The van der Waals surface area contributed by atoms with Crippen LogP contribution in [0.5, 0.6) is 0 Å². The average molecular weight is 174 g/mol. The normalized spacial score (nSPS) is 15.6. The Labute approximate surface area is 74.3 Å². The molecule has 0 radical (unpaired) electrons. The van der Waals surface area contributed by atoms with Gasteiger partial charge >= 0.3 is 0 Å². The highest BCUT2D eigenvalue weighted by Gasteiger charge is 2.23. The van der Waals surface area contributed by atoms with E-state index in [0.717, 1.165) is 0 Å². The third kappa shape index (κ3) is 4.49. The maximum atomic E-state index is 5.27. The van der Waals surface area contributed by atoms with Gasteiger partial charge in [-0.15, -0.1) is 6.58 Å². The average Bonchev–Trinajstić information content (AvgIpc) is 2.06. The lowest BCUT2D eigenvalue weighted by Crippen LogP contribution is -2.38. The monoisotopic (exact) mass is 174 g/mol.